The number of likely N-dealkylation sites (tertiary alicyclic amines) is 1. The highest BCUT2D eigenvalue weighted by Gasteiger charge is 2.46. The molecule has 0 saturated carbocycles. The van der Waals surface area contributed by atoms with Crippen molar-refractivity contribution >= 4 is 33.6 Å². The Hall–Kier alpha value is -2.70. The Balaban J connectivity index is 1.73. The van der Waals surface area contributed by atoms with E-state index < -0.39 is 11.7 Å². The van der Waals surface area contributed by atoms with E-state index in [0.29, 0.717) is 43.8 Å². The lowest BCUT2D eigenvalue weighted by Crippen LogP contribution is -2.57. The summed E-state index contributed by atoms with van der Waals surface area (Å²) in [5.41, 5.74) is 4.35. The summed E-state index contributed by atoms with van der Waals surface area (Å²) in [6.07, 6.45) is 2.15. The summed E-state index contributed by atoms with van der Waals surface area (Å²) in [5, 5.41) is 16.6. The molecule has 1 aromatic carbocycles. The molecule has 1 spiro atoms. The molecular weight excluding hydrogens is 462 g/mol. The topological polar surface area (TPSA) is 107 Å². The van der Waals surface area contributed by atoms with E-state index in [4.69, 9.17) is 4.74 Å². The van der Waals surface area contributed by atoms with E-state index in [1.165, 1.54) is 0 Å². The second-order valence-corrected chi connectivity index (χ2v) is 9.05. The molecule has 1 aromatic rings. The van der Waals surface area contributed by atoms with Crippen molar-refractivity contribution in [3.8, 4) is 6.07 Å². The zero-order valence-corrected chi connectivity index (χ0v) is 19.5. The van der Waals surface area contributed by atoms with Crippen molar-refractivity contribution in [1.82, 2.24) is 15.6 Å². The fourth-order valence-corrected chi connectivity index (χ4v) is 4.38. The molecule has 3 rings (SSSR count). The first-order chi connectivity index (χ1) is 14.7. The van der Waals surface area contributed by atoms with Gasteiger partial charge < -0.3 is 15.0 Å². The third kappa shape index (κ3) is 5.51. The van der Waals surface area contributed by atoms with Crippen molar-refractivity contribution < 1.29 is 14.3 Å². The number of hydrogen-bond acceptors (Lipinski definition) is 6. The minimum Gasteiger partial charge on any atom is -0.435 e. The number of halogens is 1. The quantitative estimate of drug-likeness (QED) is 0.620. The molecule has 0 radical (unpaired) electrons. The molecule has 2 heterocycles. The van der Waals surface area contributed by atoms with E-state index in [0.717, 1.165) is 15.6 Å². The normalized spacial score (nSPS) is 18.8. The number of piperidine rings is 1. The van der Waals surface area contributed by atoms with E-state index in [1.807, 2.05) is 20.8 Å². The zero-order valence-electron chi connectivity index (χ0n) is 17.9. The second kappa shape index (κ2) is 9.62. The number of hydrogen-bond donors (Lipinski definition) is 2. The van der Waals surface area contributed by atoms with Gasteiger partial charge in [-0.05, 0) is 39.0 Å². The van der Waals surface area contributed by atoms with Crippen LogP contribution in [0.15, 0.2) is 39.4 Å². The van der Waals surface area contributed by atoms with Gasteiger partial charge in [0.25, 0.3) is 0 Å². The summed E-state index contributed by atoms with van der Waals surface area (Å²) >= 11 is 3.53. The van der Waals surface area contributed by atoms with Gasteiger partial charge in [-0.15, -0.1) is 0 Å². The molecule has 2 aliphatic rings. The van der Waals surface area contributed by atoms with Crippen molar-refractivity contribution in [3.63, 3.8) is 0 Å². The lowest BCUT2D eigenvalue weighted by Gasteiger charge is -2.43. The van der Waals surface area contributed by atoms with Gasteiger partial charge in [-0.1, -0.05) is 21.5 Å². The monoisotopic (exact) mass is 487 g/mol. The minimum absolute atomic E-state index is 0.0117. The maximum atomic E-state index is 12.0. The second-order valence-electron chi connectivity index (χ2n) is 8.19. The van der Waals surface area contributed by atoms with Gasteiger partial charge in [-0.2, -0.15) is 10.4 Å². The number of rotatable bonds is 5. The molecule has 8 nitrogen and oxygen atoms in total. The summed E-state index contributed by atoms with van der Waals surface area (Å²) in [4.78, 5) is 26.2. The highest BCUT2D eigenvalue weighted by atomic mass is 79.9. The molecule has 9 heteroatoms. The number of nitriles is 1. The maximum absolute atomic E-state index is 12.0. The van der Waals surface area contributed by atoms with E-state index in [1.54, 1.807) is 24.3 Å². The molecule has 0 unspecified atom stereocenters. The first-order valence-corrected chi connectivity index (χ1v) is 11.0. The Morgan fingerprint density at radius 1 is 1.45 bits per heavy atom. The third-order valence-corrected chi connectivity index (χ3v) is 6.02. The van der Waals surface area contributed by atoms with Gasteiger partial charge in [0.15, 0.2) is 5.60 Å². The van der Waals surface area contributed by atoms with Crippen LogP contribution in [-0.4, -0.2) is 53.9 Å². The maximum Gasteiger partial charge on any atom is 0.428 e. The third-order valence-electron chi connectivity index (χ3n) is 5.33. The Bertz CT molecular complexity index is 970. The van der Waals surface area contributed by atoms with Crippen LogP contribution in [0.2, 0.25) is 0 Å². The van der Waals surface area contributed by atoms with Gasteiger partial charge in [-0.3, -0.25) is 4.79 Å². The summed E-state index contributed by atoms with van der Waals surface area (Å²) in [7, 11) is 0. The molecule has 1 fully saturated rings. The molecule has 31 heavy (non-hydrogen) atoms. The van der Waals surface area contributed by atoms with E-state index in [-0.39, 0.29) is 11.9 Å². The molecule has 2 amide bonds. The van der Waals surface area contributed by atoms with Gasteiger partial charge in [0, 0.05) is 54.6 Å². The molecule has 2 aliphatic heterocycles. The molecule has 164 valence electrons. The van der Waals surface area contributed by atoms with Crippen LogP contribution < -0.4 is 10.7 Å². The summed E-state index contributed by atoms with van der Waals surface area (Å²) in [5.74, 6) is -0.0927. The van der Waals surface area contributed by atoms with E-state index in [2.05, 4.69) is 42.7 Å². The largest absolute Gasteiger partial charge is 0.435 e. The Labute approximate surface area is 190 Å². The average Bonchev–Trinajstić information content (AvgIpc) is 2.70. The predicted molar refractivity (Wildman–Crippen MR) is 120 cm³/mol. The van der Waals surface area contributed by atoms with Crippen LogP contribution in [-0.2, 0) is 9.53 Å². The highest BCUT2D eigenvalue weighted by molar-refractivity contribution is 9.10. The van der Waals surface area contributed by atoms with E-state index >= 15 is 0 Å². The SMILES string of the molecule is CC(C)=CC(=O)N[C@@H](C)CN1CCC2(CC1)OC(=O)NN=C2c1cc(C#N)ccc1Br. The number of nitrogens with zero attached hydrogens (tertiary/aromatic N) is 3. The summed E-state index contributed by atoms with van der Waals surface area (Å²) < 4.78 is 6.56. The highest BCUT2D eigenvalue weighted by Crippen LogP contribution is 2.35. The number of amides is 2. The van der Waals surface area contributed by atoms with Crippen molar-refractivity contribution in [2.45, 2.75) is 45.3 Å². The van der Waals surface area contributed by atoms with Gasteiger partial charge >= 0.3 is 6.09 Å². The number of allylic oxidation sites excluding steroid dienone is 1. The van der Waals surface area contributed by atoms with Gasteiger partial charge in [0.1, 0.15) is 5.71 Å². The van der Waals surface area contributed by atoms with Crippen molar-refractivity contribution in [3.05, 3.63) is 45.4 Å². The Morgan fingerprint density at radius 2 is 2.16 bits per heavy atom. The summed E-state index contributed by atoms with van der Waals surface area (Å²) in [6, 6.07) is 7.39. The fourth-order valence-electron chi connectivity index (χ4n) is 3.95. The average molecular weight is 488 g/mol. The molecular formula is C22H26BrN5O3. The first-order valence-electron chi connectivity index (χ1n) is 10.2. The lowest BCUT2D eigenvalue weighted by atomic mass is 9.82. The molecule has 0 aliphatic carbocycles. The summed E-state index contributed by atoms with van der Waals surface area (Å²) in [6.45, 7) is 7.82. The van der Waals surface area contributed by atoms with Crippen molar-refractivity contribution in [2.75, 3.05) is 19.6 Å². The lowest BCUT2D eigenvalue weighted by molar-refractivity contribution is -0.117. The van der Waals surface area contributed by atoms with Gasteiger partial charge in [0.2, 0.25) is 5.91 Å². The van der Waals surface area contributed by atoms with E-state index in [9.17, 15) is 14.9 Å². The first kappa shape index (κ1) is 23.0. The van der Waals surface area contributed by atoms with Crippen LogP contribution >= 0.6 is 15.9 Å². The van der Waals surface area contributed by atoms with Gasteiger partial charge in [0.05, 0.1) is 11.6 Å². The minimum atomic E-state index is -0.857. The standard InChI is InChI=1S/C22H26BrN5O3/c1-14(2)10-19(29)25-15(3)13-28-8-6-22(7-9-28)20(26-27-21(30)31-22)17-11-16(12-24)4-5-18(17)23/h4-5,10-11,15H,6-9,13H2,1-3H3,(H,25,29)(H,27,30)/t15-/m0/s1. The van der Waals surface area contributed by atoms with Crippen LogP contribution in [0.25, 0.3) is 0 Å². The van der Waals surface area contributed by atoms with Gasteiger partial charge in [-0.25, -0.2) is 10.2 Å². The van der Waals surface area contributed by atoms with Crippen LogP contribution in [0.1, 0.15) is 44.7 Å². The number of nitrogens with one attached hydrogen (secondary N) is 2. The number of hydrazone groups is 1. The number of carbonyl (C=O) groups is 2. The molecule has 0 bridgehead atoms. The van der Waals surface area contributed by atoms with Crippen LogP contribution in [0.3, 0.4) is 0 Å². The van der Waals surface area contributed by atoms with Crippen LogP contribution in [0.5, 0.6) is 0 Å². The Morgan fingerprint density at radius 3 is 2.81 bits per heavy atom. The van der Waals surface area contributed by atoms with Crippen LogP contribution in [0, 0.1) is 11.3 Å². The van der Waals surface area contributed by atoms with Crippen molar-refractivity contribution in [1.29, 1.82) is 5.26 Å². The van der Waals surface area contributed by atoms with Crippen LogP contribution in [0.4, 0.5) is 4.79 Å². The zero-order chi connectivity index (χ0) is 22.6. The Kier molecular flexibility index (Phi) is 7.13. The number of benzene rings is 1. The molecule has 1 atom stereocenters. The smallest absolute Gasteiger partial charge is 0.428 e. The fraction of sp³-hybridized carbons (Fsp3) is 0.455. The van der Waals surface area contributed by atoms with Crippen molar-refractivity contribution in [2.24, 2.45) is 5.10 Å². The molecule has 1 saturated heterocycles. The molecule has 0 aromatic heterocycles. The molecule has 2 N–H and O–H groups in total. The predicted octanol–water partition coefficient (Wildman–Crippen LogP) is 3.07. The number of ether oxygens (including phenoxy) is 1. The number of carbonyl (C=O) groups excluding carboxylic acids is 2.